The summed E-state index contributed by atoms with van der Waals surface area (Å²) in [5, 5.41) is 4.42. The van der Waals surface area contributed by atoms with Crippen LogP contribution in [0.1, 0.15) is 45.4 Å². The van der Waals surface area contributed by atoms with Crippen molar-refractivity contribution in [3.05, 3.63) is 29.3 Å². The maximum Gasteiger partial charge on any atom is 0.121 e. The van der Waals surface area contributed by atoms with Crippen molar-refractivity contribution in [1.82, 2.24) is 5.32 Å². The molecule has 20 heavy (non-hydrogen) atoms. The summed E-state index contributed by atoms with van der Waals surface area (Å²) in [6.45, 7) is 3.25. The van der Waals surface area contributed by atoms with Crippen LogP contribution in [-0.2, 0) is 0 Å². The lowest BCUT2D eigenvalue weighted by molar-refractivity contribution is -0.102. The fourth-order valence-corrected chi connectivity index (χ4v) is 4.21. The minimum absolute atomic E-state index is 0.352. The van der Waals surface area contributed by atoms with Gasteiger partial charge >= 0.3 is 0 Å². The summed E-state index contributed by atoms with van der Waals surface area (Å²) in [5.74, 6) is 0.919. The van der Waals surface area contributed by atoms with E-state index < -0.39 is 0 Å². The summed E-state index contributed by atoms with van der Waals surface area (Å²) >= 11 is 6.05. The van der Waals surface area contributed by atoms with E-state index in [0.717, 1.165) is 23.7 Å². The van der Waals surface area contributed by atoms with Gasteiger partial charge in [-0.25, -0.2) is 0 Å². The van der Waals surface area contributed by atoms with Gasteiger partial charge in [0.1, 0.15) is 11.9 Å². The minimum Gasteiger partial charge on any atom is -0.490 e. The monoisotopic (exact) mass is 293 g/mol. The summed E-state index contributed by atoms with van der Waals surface area (Å²) < 4.78 is 6.28. The standard InChI is InChI=1S/C17H24ClNO/c1-2-19-15-12-16(17(15)9-4-3-5-10-17)20-14-8-6-7-13(18)11-14/h6-8,11,15-16,19H,2-5,9-10,12H2,1H3. The van der Waals surface area contributed by atoms with Crippen LogP contribution in [0.25, 0.3) is 0 Å². The lowest BCUT2D eigenvalue weighted by Gasteiger charge is -2.57. The Kier molecular flexibility index (Phi) is 4.23. The van der Waals surface area contributed by atoms with Gasteiger partial charge in [-0.05, 0) is 37.6 Å². The third-order valence-corrected chi connectivity index (χ3v) is 5.33. The van der Waals surface area contributed by atoms with Crippen LogP contribution in [0.3, 0.4) is 0 Å². The molecule has 1 N–H and O–H groups in total. The first-order valence-corrected chi connectivity index (χ1v) is 8.28. The third kappa shape index (κ3) is 2.56. The Morgan fingerprint density at radius 1 is 1.30 bits per heavy atom. The first-order valence-electron chi connectivity index (χ1n) is 7.90. The van der Waals surface area contributed by atoms with Gasteiger partial charge in [0.05, 0.1) is 0 Å². The number of rotatable bonds is 4. The molecule has 2 aliphatic carbocycles. The van der Waals surface area contributed by atoms with Crippen LogP contribution in [0.2, 0.25) is 5.02 Å². The molecule has 2 unspecified atom stereocenters. The predicted molar refractivity (Wildman–Crippen MR) is 83.5 cm³/mol. The number of hydrogen-bond acceptors (Lipinski definition) is 2. The van der Waals surface area contributed by atoms with Crippen molar-refractivity contribution in [3.8, 4) is 5.75 Å². The van der Waals surface area contributed by atoms with Crippen LogP contribution in [0.4, 0.5) is 0 Å². The first-order chi connectivity index (χ1) is 9.74. The molecule has 2 aliphatic rings. The largest absolute Gasteiger partial charge is 0.490 e. The van der Waals surface area contributed by atoms with Crippen molar-refractivity contribution < 1.29 is 4.74 Å². The maximum absolute atomic E-state index is 6.28. The molecule has 0 aromatic heterocycles. The first kappa shape index (κ1) is 14.2. The summed E-state index contributed by atoms with van der Waals surface area (Å²) in [4.78, 5) is 0. The van der Waals surface area contributed by atoms with Gasteiger partial charge in [-0.15, -0.1) is 0 Å². The molecule has 3 heteroatoms. The van der Waals surface area contributed by atoms with E-state index in [-0.39, 0.29) is 0 Å². The van der Waals surface area contributed by atoms with Gasteiger partial charge < -0.3 is 10.1 Å². The molecule has 0 radical (unpaired) electrons. The van der Waals surface area contributed by atoms with Crippen molar-refractivity contribution in [1.29, 1.82) is 0 Å². The van der Waals surface area contributed by atoms with E-state index in [2.05, 4.69) is 12.2 Å². The predicted octanol–water partition coefficient (Wildman–Crippen LogP) is 4.42. The average molecular weight is 294 g/mol. The summed E-state index contributed by atoms with van der Waals surface area (Å²) in [6, 6.07) is 8.44. The molecular weight excluding hydrogens is 270 g/mol. The fraction of sp³-hybridized carbons (Fsp3) is 0.647. The van der Waals surface area contributed by atoms with Gasteiger partial charge in [0.15, 0.2) is 0 Å². The van der Waals surface area contributed by atoms with Crippen LogP contribution >= 0.6 is 11.6 Å². The fourth-order valence-electron chi connectivity index (χ4n) is 4.03. The van der Waals surface area contributed by atoms with Crippen molar-refractivity contribution in [2.75, 3.05) is 6.54 Å². The quantitative estimate of drug-likeness (QED) is 0.887. The van der Waals surface area contributed by atoms with Crippen LogP contribution in [0.15, 0.2) is 24.3 Å². The van der Waals surface area contributed by atoms with E-state index in [1.165, 1.54) is 32.1 Å². The highest BCUT2D eigenvalue weighted by Gasteiger charge is 2.56. The summed E-state index contributed by atoms with van der Waals surface area (Å²) in [6.07, 6.45) is 8.15. The van der Waals surface area contributed by atoms with E-state index in [0.29, 0.717) is 17.6 Å². The van der Waals surface area contributed by atoms with E-state index in [9.17, 15) is 0 Å². The number of halogens is 1. The van der Waals surface area contributed by atoms with E-state index in [1.54, 1.807) is 0 Å². The molecular formula is C17H24ClNO. The van der Waals surface area contributed by atoms with Gasteiger partial charge in [0.2, 0.25) is 0 Å². The van der Waals surface area contributed by atoms with E-state index >= 15 is 0 Å². The molecule has 0 bridgehead atoms. The zero-order chi connectivity index (χ0) is 14.0. The molecule has 0 saturated heterocycles. The molecule has 0 heterocycles. The highest BCUT2D eigenvalue weighted by Crippen LogP contribution is 2.53. The molecule has 2 saturated carbocycles. The topological polar surface area (TPSA) is 21.3 Å². The van der Waals surface area contributed by atoms with Gasteiger partial charge in [-0.1, -0.05) is 43.9 Å². The van der Waals surface area contributed by atoms with Crippen molar-refractivity contribution in [2.45, 2.75) is 57.6 Å². The van der Waals surface area contributed by atoms with Gasteiger partial charge in [0.25, 0.3) is 0 Å². The van der Waals surface area contributed by atoms with Crippen molar-refractivity contribution in [3.63, 3.8) is 0 Å². The Balaban J connectivity index is 1.73. The highest BCUT2D eigenvalue weighted by molar-refractivity contribution is 6.30. The van der Waals surface area contributed by atoms with Crippen LogP contribution in [-0.4, -0.2) is 18.7 Å². The summed E-state index contributed by atoms with van der Waals surface area (Å²) in [5.41, 5.74) is 0.358. The molecule has 1 aromatic rings. The second-order valence-corrected chi connectivity index (χ2v) is 6.64. The van der Waals surface area contributed by atoms with E-state index in [1.807, 2.05) is 24.3 Å². The molecule has 2 fully saturated rings. The highest BCUT2D eigenvalue weighted by atomic mass is 35.5. The Hall–Kier alpha value is -0.730. The van der Waals surface area contributed by atoms with Gasteiger partial charge in [-0.3, -0.25) is 0 Å². The molecule has 0 aliphatic heterocycles. The lowest BCUT2D eigenvalue weighted by Crippen LogP contribution is -2.65. The molecule has 1 aromatic carbocycles. The third-order valence-electron chi connectivity index (χ3n) is 5.09. The van der Waals surface area contributed by atoms with Crippen LogP contribution in [0.5, 0.6) is 5.75 Å². The smallest absolute Gasteiger partial charge is 0.121 e. The molecule has 1 spiro atoms. The number of hydrogen-bond donors (Lipinski definition) is 1. The number of ether oxygens (including phenoxy) is 1. The Morgan fingerprint density at radius 3 is 2.80 bits per heavy atom. The van der Waals surface area contributed by atoms with Crippen molar-refractivity contribution in [2.24, 2.45) is 5.41 Å². The van der Waals surface area contributed by atoms with E-state index in [4.69, 9.17) is 16.3 Å². The van der Waals surface area contributed by atoms with Crippen LogP contribution < -0.4 is 10.1 Å². The molecule has 3 rings (SSSR count). The van der Waals surface area contributed by atoms with Gasteiger partial charge in [-0.2, -0.15) is 0 Å². The Morgan fingerprint density at radius 2 is 2.10 bits per heavy atom. The zero-order valence-electron chi connectivity index (χ0n) is 12.2. The Labute approximate surface area is 126 Å². The SMILES string of the molecule is CCNC1CC(Oc2cccc(Cl)c2)C12CCCCC2. The molecule has 0 amide bonds. The second kappa shape index (κ2) is 5.95. The Bertz CT molecular complexity index is 456. The molecule has 2 nitrogen and oxygen atoms in total. The number of benzene rings is 1. The second-order valence-electron chi connectivity index (χ2n) is 6.20. The summed E-state index contributed by atoms with van der Waals surface area (Å²) in [7, 11) is 0. The minimum atomic E-state index is 0.352. The normalized spacial score (nSPS) is 28.1. The number of nitrogens with one attached hydrogen (secondary N) is 1. The van der Waals surface area contributed by atoms with Crippen molar-refractivity contribution >= 4 is 11.6 Å². The van der Waals surface area contributed by atoms with Crippen LogP contribution in [0, 0.1) is 5.41 Å². The van der Waals surface area contributed by atoms with Gasteiger partial charge in [0, 0.05) is 22.9 Å². The molecule has 110 valence electrons. The lowest BCUT2D eigenvalue weighted by atomic mass is 9.55. The maximum atomic E-state index is 6.28. The zero-order valence-corrected chi connectivity index (χ0v) is 13.0. The molecule has 2 atom stereocenters. The average Bonchev–Trinajstić information content (AvgIpc) is 2.47.